The van der Waals surface area contributed by atoms with Crippen LogP contribution in [0.15, 0.2) is 24.3 Å². The van der Waals surface area contributed by atoms with Crippen LogP contribution in [0.25, 0.3) is 0 Å². The number of benzene rings is 1. The molecule has 0 aliphatic carbocycles. The van der Waals surface area contributed by atoms with Crippen LogP contribution in [0, 0.1) is 0 Å². The van der Waals surface area contributed by atoms with E-state index in [-0.39, 0.29) is 17.6 Å². The van der Waals surface area contributed by atoms with Crippen molar-refractivity contribution in [3.05, 3.63) is 29.8 Å². The third-order valence-electron chi connectivity index (χ3n) is 1.92. The number of aliphatic hydroxyl groups excluding tert-OH is 1. The zero-order valence-corrected chi connectivity index (χ0v) is 9.09. The van der Waals surface area contributed by atoms with E-state index in [9.17, 15) is 0 Å². The summed E-state index contributed by atoms with van der Waals surface area (Å²) >= 11 is 0. The van der Waals surface area contributed by atoms with E-state index >= 15 is 0 Å². The lowest BCUT2D eigenvalue weighted by molar-refractivity contribution is 0.286. The molecule has 0 unspecified atom stereocenters. The van der Waals surface area contributed by atoms with Gasteiger partial charge in [0.15, 0.2) is 0 Å². The summed E-state index contributed by atoms with van der Waals surface area (Å²) in [7, 11) is 2.09. The molecule has 6 N–H and O–H groups in total. The highest BCUT2D eigenvalue weighted by molar-refractivity contribution is 6.32. The Kier molecular flexibility index (Phi) is 10.7. The minimum Gasteiger partial charge on any atom is -0.412 e. The van der Waals surface area contributed by atoms with Crippen molar-refractivity contribution in [2.45, 2.75) is 13.0 Å². The van der Waals surface area contributed by atoms with E-state index in [1.165, 1.54) is 11.0 Å². The summed E-state index contributed by atoms with van der Waals surface area (Å²) in [4.78, 5) is 0. The van der Waals surface area contributed by atoms with Gasteiger partial charge in [0.25, 0.3) is 0 Å². The first-order valence-corrected chi connectivity index (χ1v) is 4.70. The summed E-state index contributed by atoms with van der Waals surface area (Å²) < 4.78 is 0. The predicted octanol–water partition coefficient (Wildman–Crippen LogP) is -2.23. The van der Waals surface area contributed by atoms with Crippen molar-refractivity contribution in [1.82, 2.24) is 5.32 Å². The normalized spacial score (nSPS) is 8.87. The van der Waals surface area contributed by atoms with Crippen LogP contribution in [0.4, 0.5) is 0 Å². The van der Waals surface area contributed by atoms with Gasteiger partial charge in [0.1, 0.15) is 7.85 Å². The molecule has 0 fully saturated rings. The van der Waals surface area contributed by atoms with Crippen LogP contribution in [-0.4, -0.2) is 37.1 Å². The van der Waals surface area contributed by atoms with Gasteiger partial charge in [0, 0.05) is 13.2 Å². The smallest absolute Gasteiger partial charge is 0.139 e. The Bertz CT molecular complexity index is 258. The molecule has 5 heteroatoms. The number of nitrogens with one attached hydrogen (secondary N) is 1. The monoisotopic (exact) mass is 213 g/mol. The minimum atomic E-state index is 0. The van der Waals surface area contributed by atoms with Crippen molar-refractivity contribution in [3.63, 3.8) is 0 Å². The second kappa shape index (κ2) is 9.67. The van der Waals surface area contributed by atoms with Gasteiger partial charge in [-0.1, -0.05) is 29.7 Å². The summed E-state index contributed by atoms with van der Waals surface area (Å²) in [6.45, 7) is 2.03. The van der Waals surface area contributed by atoms with E-state index in [0.29, 0.717) is 0 Å². The molecule has 0 bridgehead atoms. The maximum absolute atomic E-state index is 8.57. The molecular formula is C10H20BNO3. The van der Waals surface area contributed by atoms with Crippen LogP contribution in [0.1, 0.15) is 12.0 Å². The molecule has 0 saturated heterocycles. The highest BCUT2D eigenvalue weighted by atomic mass is 16.3. The van der Waals surface area contributed by atoms with Gasteiger partial charge in [-0.3, -0.25) is 0 Å². The maximum Gasteiger partial charge on any atom is 0.139 e. The van der Waals surface area contributed by atoms with E-state index in [1.807, 2.05) is 0 Å². The maximum atomic E-state index is 8.57. The number of rotatable bonds is 5. The molecule has 0 saturated carbocycles. The van der Waals surface area contributed by atoms with Crippen molar-refractivity contribution in [2.75, 3.05) is 13.2 Å². The molecule has 0 spiro atoms. The lowest BCUT2D eigenvalue weighted by Crippen LogP contribution is -2.16. The van der Waals surface area contributed by atoms with Crippen LogP contribution in [0.5, 0.6) is 0 Å². The molecule has 0 aliphatic rings. The number of aliphatic hydroxyl groups is 1. The van der Waals surface area contributed by atoms with Gasteiger partial charge in [0.2, 0.25) is 0 Å². The van der Waals surface area contributed by atoms with Gasteiger partial charge >= 0.3 is 0 Å². The number of hydrogen-bond acceptors (Lipinski definition) is 2. The van der Waals surface area contributed by atoms with Crippen molar-refractivity contribution in [1.29, 1.82) is 0 Å². The fourth-order valence-corrected chi connectivity index (χ4v) is 1.26. The molecule has 0 aromatic heterocycles. The van der Waals surface area contributed by atoms with Crippen LogP contribution < -0.4 is 10.8 Å². The molecule has 4 nitrogen and oxygen atoms in total. The lowest BCUT2D eigenvalue weighted by Gasteiger charge is -2.04. The first-order chi connectivity index (χ1) is 6.33. The largest absolute Gasteiger partial charge is 0.412 e. The van der Waals surface area contributed by atoms with Gasteiger partial charge in [-0.05, 0) is 18.5 Å². The van der Waals surface area contributed by atoms with E-state index in [0.717, 1.165) is 19.5 Å². The fraction of sp³-hybridized carbons (Fsp3) is 0.400. The van der Waals surface area contributed by atoms with Crippen molar-refractivity contribution < 1.29 is 16.1 Å². The van der Waals surface area contributed by atoms with Gasteiger partial charge in [-0.15, -0.1) is 0 Å². The third kappa shape index (κ3) is 7.10. The molecule has 0 aliphatic heterocycles. The Morgan fingerprint density at radius 2 is 2.00 bits per heavy atom. The van der Waals surface area contributed by atoms with E-state index in [1.54, 1.807) is 0 Å². The molecular weight excluding hydrogens is 193 g/mol. The Hall–Kier alpha value is -0.875. The van der Waals surface area contributed by atoms with Crippen LogP contribution >= 0.6 is 0 Å². The Morgan fingerprint density at radius 1 is 1.27 bits per heavy atom. The van der Waals surface area contributed by atoms with Crippen LogP contribution in [-0.2, 0) is 6.54 Å². The minimum absolute atomic E-state index is 0. The van der Waals surface area contributed by atoms with Gasteiger partial charge in [-0.2, -0.15) is 0 Å². The predicted molar refractivity (Wildman–Crippen MR) is 65.3 cm³/mol. The second-order valence-electron chi connectivity index (χ2n) is 3.24. The van der Waals surface area contributed by atoms with Crippen molar-refractivity contribution in [3.8, 4) is 0 Å². The van der Waals surface area contributed by atoms with E-state index in [4.69, 9.17) is 5.11 Å². The fourth-order valence-electron chi connectivity index (χ4n) is 1.26. The highest BCUT2D eigenvalue weighted by Gasteiger charge is 1.91. The quantitative estimate of drug-likeness (QED) is 0.427. The van der Waals surface area contributed by atoms with Gasteiger partial charge in [0.05, 0.1) is 0 Å². The summed E-state index contributed by atoms with van der Waals surface area (Å²) in [6, 6.07) is 8.44. The summed E-state index contributed by atoms with van der Waals surface area (Å²) in [5.74, 6) is 0. The first-order valence-electron chi connectivity index (χ1n) is 4.70. The standard InChI is InChI=1S/C10H16BNO.2H2O/c11-10-4-1-3-9(7-10)8-12-5-2-6-13;;/h1,3-4,7,12-13H,2,5-6,8,11H2;2*1H2. The van der Waals surface area contributed by atoms with Gasteiger partial charge in [-0.25, -0.2) is 0 Å². The molecule has 0 heterocycles. The number of hydrogen-bond donors (Lipinski definition) is 2. The summed E-state index contributed by atoms with van der Waals surface area (Å²) in [5, 5.41) is 11.8. The average molecular weight is 213 g/mol. The molecule has 0 atom stereocenters. The molecule has 1 aromatic rings. The molecule has 15 heavy (non-hydrogen) atoms. The molecule has 1 aromatic carbocycles. The summed E-state index contributed by atoms with van der Waals surface area (Å²) in [6.07, 6.45) is 0.825. The molecule has 86 valence electrons. The Morgan fingerprint density at radius 3 is 2.60 bits per heavy atom. The van der Waals surface area contributed by atoms with Gasteiger partial charge < -0.3 is 21.4 Å². The zero-order chi connectivity index (χ0) is 9.52. The van der Waals surface area contributed by atoms with E-state index in [2.05, 4.69) is 37.4 Å². The third-order valence-corrected chi connectivity index (χ3v) is 1.92. The first kappa shape index (κ1) is 16.6. The zero-order valence-electron chi connectivity index (χ0n) is 9.09. The molecule has 0 radical (unpaired) electrons. The van der Waals surface area contributed by atoms with Crippen LogP contribution in [0.3, 0.4) is 0 Å². The Balaban J connectivity index is 0. The van der Waals surface area contributed by atoms with Crippen molar-refractivity contribution in [2.24, 2.45) is 0 Å². The average Bonchev–Trinajstić information content (AvgIpc) is 2.13. The van der Waals surface area contributed by atoms with Crippen molar-refractivity contribution >= 4 is 13.3 Å². The second-order valence-corrected chi connectivity index (χ2v) is 3.24. The Labute approximate surface area is 91.3 Å². The topological polar surface area (TPSA) is 95.3 Å². The SMILES string of the molecule is Bc1cccc(CNCCCO)c1.O.O. The summed E-state index contributed by atoms with van der Waals surface area (Å²) in [5.41, 5.74) is 2.60. The lowest BCUT2D eigenvalue weighted by atomic mass is 9.94. The highest BCUT2D eigenvalue weighted by Crippen LogP contribution is 1.94. The molecule has 1 rings (SSSR count). The van der Waals surface area contributed by atoms with E-state index < -0.39 is 0 Å². The van der Waals surface area contributed by atoms with Crippen LogP contribution in [0.2, 0.25) is 0 Å². The molecule has 0 amide bonds.